The lowest BCUT2D eigenvalue weighted by Crippen LogP contribution is -2.18. The fourth-order valence-electron chi connectivity index (χ4n) is 0.805. The molecule has 0 atom stereocenters. The summed E-state index contributed by atoms with van der Waals surface area (Å²) in [5, 5.41) is 0. The quantitative estimate of drug-likeness (QED) is 0.407. The molecule has 90 valence electrons. The highest BCUT2D eigenvalue weighted by atomic mass is 127. The Morgan fingerprint density at radius 1 is 1.38 bits per heavy atom. The molecule has 0 aromatic carbocycles. The molecule has 0 aliphatic carbocycles. The summed E-state index contributed by atoms with van der Waals surface area (Å²) in [6.07, 6.45) is -7.90. The molecule has 1 heterocycles. The molecule has 0 radical (unpaired) electrons. The largest absolute Gasteiger partial charge is 0.573 e. The van der Waals surface area contributed by atoms with Crippen LogP contribution in [-0.2, 0) is 0 Å². The second-order valence-corrected chi connectivity index (χ2v) is 4.33. The first-order valence-electron chi connectivity index (χ1n) is 3.60. The van der Waals surface area contributed by atoms with Crippen LogP contribution in [0, 0.1) is 3.57 Å². The van der Waals surface area contributed by atoms with Crippen molar-refractivity contribution in [2.75, 3.05) is 0 Å². The van der Waals surface area contributed by atoms with Gasteiger partial charge in [0.25, 0.3) is 6.43 Å². The van der Waals surface area contributed by atoms with Crippen LogP contribution in [0.5, 0.6) is 5.75 Å². The third kappa shape index (κ3) is 3.68. The zero-order valence-electron chi connectivity index (χ0n) is 7.16. The lowest BCUT2D eigenvalue weighted by molar-refractivity contribution is -0.275. The minimum atomic E-state index is -4.93. The van der Waals surface area contributed by atoms with Gasteiger partial charge in [0.1, 0.15) is 16.0 Å². The van der Waals surface area contributed by atoms with Gasteiger partial charge in [0.05, 0.1) is 3.57 Å². The molecule has 0 saturated carbocycles. The fourth-order valence-corrected chi connectivity index (χ4v) is 1.59. The van der Waals surface area contributed by atoms with E-state index in [-0.39, 0.29) is 8.17 Å². The predicted octanol–water partition coefficient (Wildman–Crippen LogP) is 4.28. The minimum absolute atomic E-state index is 0.0284. The van der Waals surface area contributed by atoms with Crippen LogP contribution < -0.4 is 4.74 Å². The number of hydrogen-bond donors (Lipinski definition) is 0. The van der Waals surface area contributed by atoms with Gasteiger partial charge in [0.15, 0.2) is 0 Å². The van der Waals surface area contributed by atoms with Crippen LogP contribution in [0.25, 0.3) is 0 Å². The molecular formula is C7H2BrF5INO. The van der Waals surface area contributed by atoms with Gasteiger partial charge in [0, 0.05) is 6.07 Å². The second-order valence-electron chi connectivity index (χ2n) is 2.50. The number of rotatable bonds is 2. The van der Waals surface area contributed by atoms with Crippen molar-refractivity contribution >= 4 is 38.5 Å². The summed E-state index contributed by atoms with van der Waals surface area (Å²) in [4.78, 5) is 3.37. The van der Waals surface area contributed by atoms with E-state index in [1.54, 1.807) is 0 Å². The van der Waals surface area contributed by atoms with E-state index in [0.29, 0.717) is 6.07 Å². The van der Waals surface area contributed by atoms with Crippen LogP contribution >= 0.6 is 38.5 Å². The highest BCUT2D eigenvalue weighted by molar-refractivity contribution is 14.1. The van der Waals surface area contributed by atoms with Gasteiger partial charge in [-0.25, -0.2) is 13.8 Å². The van der Waals surface area contributed by atoms with Crippen molar-refractivity contribution in [1.29, 1.82) is 0 Å². The molecule has 0 amide bonds. The molecule has 0 spiro atoms. The number of aromatic nitrogens is 1. The standard InChI is InChI=1S/C7H2BrF5INO/c8-5-4(14)3(16-7(11,12)13)1-2(15-5)6(9)10/h1,6H. The summed E-state index contributed by atoms with van der Waals surface area (Å²) in [6, 6.07) is 0.560. The predicted molar refractivity (Wildman–Crippen MR) is 56.3 cm³/mol. The van der Waals surface area contributed by atoms with Gasteiger partial charge in [-0.3, -0.25) is 0 Å². The lowest BCUT2D eigenvalue weighted by Gasteiger charge is -2.12. The second kappa shape index (κ2) is 4.98. The third-order valence-electron chi connectivity index (χ3n) is 1.35. The summed E-state index contributed by atoms with van der Waals surface area (Å²) >= 11 is 4.28. The highest BCUT2D eigenvalue weighted by Crippen LogP contribution is 2.34. The summed E-state index contributed by atoms with van der Waals surface area (Å²) in [6.45, 7) is 0. The Hall–Kier alpha value is -0.190. The molecule has 0 N–H and O–H groups in total. The Kier molecular flexibility index (Phi) is 4.32. The zero-order valence-corrected chi connectivity index (χ0v) is 10.9. The van der Waals surface area contributed by atoms with Crippen molar-refractivity contribution in [2.45, 2.75) is 12.8 Å². The van der Waals surface area contributed by atoms with E-state index in [1.165, 1.54) is 22.6 Å². The molecule has 9 heteroatoms. The topological polar surface area (TPSA) is 22.1 Å². The zero-order chi connectivity index (χ0) is 12.5. The third-order valence-corrected chi connectivity index (χ3v) is 3.71. The number of hydrogen-bond acceptors (Lipinski definition) is 2. The maximum absolute atomic E-state index is 12.3. The molecule has 0 unspecified atom stereocenters. The van der Waals surface area contributed by atoms with E-state index in [0.717, 1.165) is 0 Å². The molecule has 1 aromatic rings. The van der Waals surface area contributed by atoms with Crippen LogP contribution in [-0.4, -0.2) is 11.3 Å². The Labute approximate surface area is 108 Å². The first-order chi connectivity index (χ1) is 7.20. The summed E-state index contributed by atoms with van der Waals surface area (Å²) in [5.74, 6) is -0.703. The first-order valence-corrected chi connectivity index (χ1v) is 5.47. The van der Waals surface area contributed by atoms with Gasteiger partial charge in [-0.1, -0.05) is 0 Å². The van der Waals surface area contributed by atoms with Crippen LogP contribution in [0.15, 0.2) is 10.7 Å². The van der Waals surface area contributed by atoms with Crippen LogP contribution in [0.1, 0.15) is 12.1 Å². The Balaban J connectivity index is 3.17. The molecular weight excluding hydrogens is 416 g/mol. The Morgan fingerprint density at radius 2 is 1.94 bits per heavy atom. The van der Waals surface area contributed by atoms with E-state index in [9.17, 15) is 22.0 Å². The number of pyridine rings is 1. The van der Waals surface area contributed by atoms with Crippen LogP contribution in [0.2, 0.25) is 0 Å². The average molecular weight is 418 g/mol. The van der Waals surface area contributed by atoms with Gasteiger partial charge in [-0.15, -0.1) is 13.2 Å². The van der Waals surface area contributed by atoms with Gasteiger partial charge < -0.3 is 4.74 Å². The van der Waals surface area contributed by atoms with E-state index in [4.69, 9.17) is 0 Å². The highest BCUT2D eigenvalue weighted by Gasteiger charge is 2.33. The summed E-state index contributed by atoms with van der Waals surface area (Å²) in [7, 11) is 0. The van der Waals surface area contributed by atoms with Gasteiger partial charge >= 0.3 is 6.36 Å². The van der Waals surface area contributed by atoms with Crippen molar-refractivity contribution in [1.82, 2.24) is 4.98 Å². The molecule has 2 nitrogen and oxygen atoms in total. The van der Waals surface area contributed by atoms with Crippen LogP contribution in [0.4, 0.5) is 22.0 Å². The monoisotopic (exact) mass is 417 g/mol. The maximum Gasteiger partial charge on any atom is 0.573 e. The maximum atomic E-state index is 12.3. The number of ether oxygens (including phenoxy) is 1. The minimum Gasteiger partial charge on any atom is -0.404 e. The Bertz CT molecular complexity index is 397. The van der Waals surface area contributed by atoms with Crippen molar-refractivity contribution < 1.29 is 26.7 Å². The van der Waals surface area contributed by atoms with E-state index in [2.05, 4.69) is 25.7 Å². The molecule has 0 aliphatic heterocycles. The van der Waals surface area contributed by atoms with Gasteiger partial charge in [0.2, 0.25) is 0 Å². The normalized spacial score (nSPS) is 12.0. The van der Waals surface area contributed by atoms with Crippen molar-refractivity contribution in [3.05, 3.63) is 19.9 Å². The Morgan fingerprint density at radius 3 is 2.38 bits per heavy atom. The molecule has 1 aromatic heterocycles. The first kappa shape index (κ1) is 13.9. The SMILES string of the molecule is FC(F)c1cc(OC(F)(F)F)c(I)c(Br)n1. The average Bonchev–Trinajstić information content (AvgIpc) is 2.10. The molecule has 16 heavy (non-hydrogen) atoms. The molecule has 0 bridgehead atoms. The summed E-state index contributed by atoms with van der Waals surface area (Å²) < 4.78 is 63.8. The molecule has 0 saturated heterocycles. The van der Waals surface area contributed by atoms with E-state index >= 15 is 0 Å². The van der Waals surface area contributed by atoms with Gasteiger partial charge in [-0.05, 0) is 38.5 Å². The smallest absolute Gasteiger partial charge is 0.404 e. The number of alkyl halides is 5. The summed E-state index contributed by atoms with van der Waals surface area (Å²) in [5.41, 5.74) is -0.786. The van der Waals surface area contributed by atoms with Crippen molar-refractivity contribution in [2.24, 2.45) is 0 Å². The lowest BCUT2D eigenvalue weighted by atomic mass is 10.3. The van der Waals surface area contributed by atoms with Crippen molar-refractivity contribution in [3.63, 3.8) is 0 Å². The van der Waals surface area contributed by atoms with E-state index in [1.807, 2.05) is 0 Å². The molecule has 1 rings (SSSR count). The molecule has 0 aliphatic rings. The van der Waals surface area contributed by atoms with E-state index < -0.39 is 24.2 Å². The fraction of sp³-hybridized carbons (Fsp3) is 0.286. The van der Waals surface area contributed by atoms with Gasteiger partial charge in [-0.2, -0.15) is 0 Å². The van der Waals surface area contributed by atoms with Crippen molar-refractivity contribution in [3.8, 4) is 5.75 Å². The molecule has 0 fully saturated rings. The number of halogens is 7. The number of nitrogens with zero attached hydrogens (tertiary/aromatic N) is 1. The van der Waals surface area contributed by atoms with Crippen LogP contribution in [0.3, 0.4) is 0 Å².